The van der Waals surface area contributed by atoms with E-state index in [1.807, 2.05) is 30.3 Å². The summed E-state index contributed by atoms with van der Waals surface area (Å²) < 4.78 is 9.93. The Labute approximate surface area is 164 Å². The molecule has 1 aromatic carbocycles. The van der Waals surface area contributed by atoms with Gasteiger partial charge < -0.3 is 4.74 Å². The second-order valence-electron chi connectivity index (χ2n) is 7.58. The number of Topliss-reactive ketones (excluding diaryl/α,β-unsaturated/α-hetero) is 1. The van der Waals surface area contributed by atoms with Gasteiger partial charge in [0.1, 0.15) is 5.01 Å². The Bertz CT molecular complexity index is 743. The van der Waals surface area contributed by atoms with Gasteiger partial charge in [0.25, 0.3) is 0 Å². The van der Waals surface area contributed by atoms with Crippen LogP contribution in [0.15, 0.2) is 30.3 Å². The van der Waals surface area contributed by atoms with Crippen molar-refractivity contribution in [2.75, 3.05) is 26.3 Å². The van der Waals surface area contributed by atoms with E-state index in [0.717, 1.165) is 68.4 Å². The van der Waals surface area contributed by atoms with Crippen LogP contribution in [-0.4, -0.2) is 52.4 Å². The molecule has 1 aromatic heterocycles. The number of rotatable bonds is 6. The van der Waals surface area contributed by atoms with Gasteiger partial charge in [0.2, 0.25) is 0 Å². The summed E-state index contributed by atoms with van der Waals surface area (Å²) >= 11 is 1.36. The second-order valence-corrected chi connectivity index (χ2v) is 8.42. The molecule has 4 rings (SSSR count). The lowest BCUT2D eigenvalue weighted by molar-refractivity contribution is -0.125. The van der Waals surface area contributed by atoms with Crippen LogP contribution in [0.3, 0.4) is 0 Å². The number of ether oxygens (including phenoxy) is 1. The Hall–Kier alpha value is -1.63. The minimum absolute atomic E-state index is 0.0469. The third-order valence-corrected chi connectivity index (χ3v) is 6.36. The Balaban J connectivity index is 1.39. The molecule has 27 heavy (non-hydrogen) atoms. The lowest BCUT2D eigenvalue weighted by atomic mass is 9.93. The maximum absolute atomic E-state index is 13.0. The largest absolute Gasteiger partial charge is 0.381 e. The van der Waals surface area contributed by atoms with Crippen molar-refractivity contribution in [1.29, 1.82) is 0 Å². The molecule has 0 unspecified atom stereocenters. The predicted molar refractivity (Wildman–Crippen MR) is 107 cm³/mol. The molecule has 0 radical (unpaired) electrons. The molecule has 0 spiro atoms. The fourth-order valence-corrected chi connectivity index (χ4v) is 4.80. The van der Waals surface area contributed by atoms with Gasteiger partial charge in [-0.1, -0.05) is 36.8 Å². The van der Waals surface area contributed by atoms with Gasteiger partial charge in [-0.25, -0.2) is 4.98 Å². The summed E-state index contributed by atoms with van der Waals surface area (Å²) in [4.78, 5) is 20.1. The average molecular weight is 386 g/mol. The van der Waals surface area contributed by atoms with E-state index in [2.05, 4.69) is 14.3 Å². The first-order chi connectivity index (χ1) is 13.3. The van der Waals surface area contributed by atoms with Gasteiger partial charge in [0, 0.05) is 25.3 Å². The van der Waals surface area contributed by atoms with E-state index in [0.29, 0.717) is 18.1 Å². The quantitative estimate of drug-likeness (QED) is 0.760. The molecule has 2 aromatic rings. The smallest absolute Gasteiger partial charge is 0.173 e. The Morgan fingerprint density at radius 2 is 1.96 bits per heavy atom. The molecule has 0 amide bonds. The van der Waals surface area contributed by atoms with E-state index in [-0.39, 0.29) is 6.04 Å². The van der Waals surface area contributed by atoms with E-state index in [9.17, 15) is 4.79 Å². The minimum Gasteiger partial charge on any atom is -0.381 e. The molecule has 2 aliphatic rings. The van der Waals surface area contributed by atoms with E-state index in [1.165, 1.54) is 18.0 Å². The average Bonchev–Trinajstić information content (AvgIpc) is 3.18. The summed E-state index contributed by atoms with van der Waals surface area (Å²) in [5.74, 6) is 1.70. The van der Waals surface area contributed by atoms with Crippen LogP contribution < -0.4 is 0 Å². The van der Waals surface area contributed by atoms with Gasteiger partial charge in [-0.2, -0.15) is 4.37 Å². The zero-order chi connectivity index (χ0) is 18.5. The van der Waals surface area contributed by atoms with Crippen molar-refractivity contribution in [3.63, 3.8) is 0 Å². The van der Waals surface area contributed by atoms with Gasteiger partial charge in [-0.3, -0.25) is 9.69 Å². The maximum Gasteiger partial charge on any atom is 0.173 e. The van der Waals surface area contributed by atoms with Gasteiger partial charge in [-0.05, 0) is 49.7 Å². The highest BCUT2D eigenvalue weighted by molar-refractivity contribution is 7.05. The first-order valence-electron chi connectivity index (χ1n) is 10.0. The van der Waals surface area contributed by atoms with Crippen molar-refractivity contribution in [1.82, 2.24) is 14.3 Å². The Morgan fingerprint density at radius 1 is 1.15 bits per heavy atom. The lowest BCUT2D eigenvalue weighted by Gasteiger charge is -2.37. The number of ketones is 1. The minimum atomic E-state index is 0.0469. The van der Waals surface area contributed by atoms with Crippen LogP contribution in [0.2, 0.25) is 0 Å². The van der Waals surface area contributed by atoms with Crippen molar-refractivity contribution in [3.8, 4) is 11.4 Å². The zero-order valence-corrected chi connectivity index (χ0v) is 16.5. The van der Waals surface area contributed by atoms with E-state index >= 15 is 0 Å². The molecule has 6 heteroatoms. The number of likely N-dealkylation sites (tertiary alicyclic amines) is 1. The molecule has 5 nitrogen and oxygen atoms in total. The van der Waals surface area contributed by atoms with Crippen LogP contribution in [0.4, 0.5) is 0 Å². The van der Waals surface area contributed by atoms with Gasteiger partial charge >= 0.3 is 0 Å². The molecule has 1 atom stereocenters. The van der Waals surface area contributed by atoms with Crippen LogP contribution in [0.5, 0.6) is 0 Å². The highest BCUT2D eigenvalue weighted by Crippen LogP contribution is 2.25. The summed E-state index contributed by atoms with van der Waals surface area (Å²) in [6, 6.07) is 10.0. The molecule has 0 bridgehead atoms. The van der Waals surface area contributed by atoms with Crippen LogP contribution in [-0.2, 0) is 16.0 Å². The fourth-order valence-electron chi connectivity index (χ4n) is 4.13. The van der Waals surface area contributed by atoms with Crippen molar-refractivity contribution >= 4 is 17.3 Å². The van der Waals surface area contributed by atoms with Gasteiger partial charge in [0.15, 0.2) is 11.6 Å². The molecule has 0 aliphatic carbocycles. The second kappa shape index (κ2) is 9.04. The van der Waals surface area contributed by atoms with Crippen LogP contribution >= 0.6 is 11.5 Å². The van der Waals surface area contributed by atoms with E-state index in [1.54, 1.807) is 0 Å². The zero-order valence-electron chi connectivity index (χ0n) is 15.7. The summed E-state index contributed by atoms with van der Waals surface area (Å²) in [5, 5.41) is 0.829. The number of aromatic nitrogens is 2. The molecule has 3 heterocycles. The van der Waals surface area contributed by atoms with Crippen LogP contribution in [0, 0.1) is 5.92 Å². The van der Waals surface area contributed by atoms with E-state index in [4.69, 9.17) is 4.74 Å². The molecule has 144 valence electrons. The highest BCUT2D eigenvalue weighted by Gasteiger charge is 2.31. The summed E-state index contributed by atoms with van der Waals surface area (Å²) in [6.45, 7) is 3.80. The molecular weight excluding hydrogens is 358 g/mol. The van der Waals surface area contributed by atoms with Crippen molar-refractivity contribution in [2.45, 2.75) is 44.6 Å². The topological polar surface area (TPSA) is 55.3 Å². The summed E-state index contributed by atoms with van der Waals surface area (Å²) in [7, 11) is 0. The van der Waals surface area contributed by atoms with Gasteiger partial charge in [-0.15, -0.1) is 0 Å². The Morgan fingerprint density at radius 3 is 2.78 bits per heavy atom. The lowest BCUT2D eigenvalue weighted by Crippen LogP contribution is -2.47. The Kier molecular flexibility index (Phi) is 6.27. The normalized spacial score (nSPS) is 22.0. The SMILES string of the molecule is O=C(Cc1nc(-c2ccccc2)ns1)[C@@H]1CCCCN1CC1CCOCC1. The first kappa shape index (κ1) is 18.7. The molecule has 2 aliphatic heterocycles. The van der Waals surface area contributed by atoms with Crippen LogP contribution in [0.25, 0.3) is 11.4 Å². The standard InChI is InChI=1S/C21H27N3O2S/c25-19(14-20-22-21(23-27-20)17-6-2-1-3-7-17)18-8-4-5-11-24(18)15-16-9-12-26-13-10-16/h1-3,6-7,16,18H,4-5,8-15H2/t18-/m0/s1. The van der Waals surface area contributed by atoms with Crippen molar-refractivity contribution in [2.24, 2.45) is 5.92 Å². The summed E-state index contributed by atoms with van der Waals surface area (Å²) in [6.07, 6.45) is 5.96. The molecular formula is C21H27N3O2S. The van der Waals surface area contributed by atoms with Crippen molar-refractivity contribution in [3.05, 3.63) is 35.3 Å². The monoisotopic (exact) mass is 385 g/mol. The summed E-state index contributed by atoms with van der Waals surface area (Å²) in [5.41, 5.74) is 1.01. The number of nitrogens with zero attached hydrogens (tertiary/aromatic N) is 3. The number of carbonyl (C=O) groups is 1. The molecule has 2 saturated heterocycles. The molecule has 0 saturated carbocycles. The third kappa shape index (κ3) is 4.81. The number of benzene rings is 1. The van der Waals surface area contributed by atoms with Crippen molar-refractivity contribution < 1.29 is 9.53 Å². The number of hydrogen-bond acceptors (Lipinski definition) is 6. The van der Waals surface area contributed by atoms with Crippen LogP contribution in [0.1, 0.15) is 37.1 Å². The third-order valence-electron chi connectivity index (χ3n) is 5.64. The first-order valence-corrected chi connectivity index (χ1v) is 10.8. The maximum atomic E-state index is 13.0. The van der Waals surface area contributed by atoms with Gasteiger partial charge in [0.05, 0.1) is 12.5 Å². The number of piperidine rings is 1. The highest BCUT2D eigenvalue weighted by atomic mass is 32.1. The van der Waals surface area contributed by atoms with E-state index < -0.39 is 0 Å². The molecule has 0 N–H and O–H groups in total. The molecule has 2 fully saturated rings. The number of carbonyl (C=O) groups excluding carboxylic acids is 1. The number of hydrogen-bond donors (Lipinski definition) is 0. The predicted octanol–water partition coefficient (Wildman–Crippen LogP) is 3.60. The fraction of sp³-hybridized carbons (Fsp3) is 0.571.